The highest BCUT2D eigenvalue weighted by Crippen LogP contribution is 1.97. The van der Waals surface area contributed by atoms with E-state index in [1.54, 1.807) is 30.3 Å². The van der Waals surface area contributed by atoms with Crippen molar-refractivity contribution in [2.24, 2.45) is 0 Å². The third kappa shape index (κ3) is 4.76. The summed E-state index contributed by atoms with van der Waals surface area (Å²) in [5, 5.41) is 21.7. The number of carboxylic acids is 1. The lowest BCUT2D eigenvalue weighted by Crippen LogP contribution is -2.47. The van der Waals surface area contributed by atoms with Crippen molar-refractivity contribution in [3.05, 3.63) is 35.9 Å². The second-order valence-corrected chi connectivity index (χ2v) is 3.69. The molecule has 0 heterocycles. The van der Waals surface area contributed by atoms with Gasteiger partial charge >= 0.3 is 5.97 Å². The molecule has 0 aromatic heterocycles. The molecule has 1 aromatic rings. The van der Waals surface area contributed by atoms with Crippen LogP contribution in [0.4, 0.5) is 0 Å². The van der Waals surface area contributed by atoms with Gasteiger partial charge in [0.1, 0.15) is 6.04 Å². The van der Waals surface area contributed by atoms with E-state index in [-0.39, 0.29) is 6.54 Å². The summed E-state index contributed by atoms with van der Waals surface area (Å²) in [6.45, 7) is -1.08. The number of aliphatic hydroxyl groups excluding tert-OH is 1. The van der Waals surface area contributed by atoms with Gasteiger partial charge in [-0.2, -0.15) is 0 Å². The summed E-state index contributed by atoms with van der Waals surface area (Å²) < 4.78 is 0. The van der Waals surface area contributed by atoms with Gasteiger partial charge in [0.05, 0.1) is 13.2 Å². The standard InChI is InChI=1S/C12H14N2O5/c15-7-9(12(18)19)14-10(16)6-13-11(17)8-4-2-1-3-5-8/h1-5,9,15H,6-7H2,(H,13,17)(H,14,16)(H,18,19). The van der Waals surface area contributed by atoms with Gasteiger partial charge in [-0.1, -0.05) is 18.2 Å². The molecule has 7 heteroatoms. The molecule has 0 aliphatic heterocycles. The van der Waals surface area contributed by atoms with Crippen LogP contribution in [0.2, 0.25) is 0 Å². The predicted molar refractivity (Wildman–Crippen MR) is 65.4 cm³/mol. The fourth-order valence-corrected chi connectivity index (χ4v) is 1.28. The van der Waals surface area contributed by atoms with Gasteiger partial charge in [0.15, 0.2) is 0 Å². The minimum atomic E-state index is -1.37. The highest BCUT2D eigenvalue weighted by molar-refractivity contribution is 5.96. The van der Waals surface area contributed by atoms with E-state index in [1.165, 1.54) is 0 Å². The van der Waals surface area contributed by atoms with E-state index in [0.29, 0.717) is 5.56 Å². The van der Waals surface area contributed by atoms with Gasteiger partial charge in [-0.25, -0.2) is 4.79 Å². The summed E-state index contributed by atoms with van der Waals surface area (Å²) >= 11 is 0. The highest BCUT2D eigenvalue weighted by Gasteiger charge is 2.18. The number of hydrogen-bond donors (Lipinski definition) is 4. The average molecular weight is 266 g/mol. The van der Waals surface area contributed by atoms with E-state index < -0.39 is 30.4 Å². The maximum Gasteiger partial charge on any atom is 0.328 e. The van der Waals surface area contributed by atoms with Gasteiger partial charge < -0.3 is 20.8 Å². The molecule has 102 valence electrons. The lowest BCUT2D eigenvalue weighted by Gasteiger charge is -2.12. The number of hydrogen-bond acceptors (Lipinski definition) is 4. The van der Waals surface area contributed by atoms with E-state index >= 15 is 0 Å². The lowest BCUT2D eigenvalue weighted by atomic mass is 10.2. The maximum absolute atomic E-state index is 11.6. The van der Waals surface area contributed by atoms with Crippen LogP contribution in [0.5, 0.6) is 0 Å². The molecule has 0 aliphatic rings. The molecular weight excluding hydrogens is 252 g/mol. The molecule has 2 amide bonds. The van der Waals surface area contributed by atoms with Crippen LogP contribution in [-0.2, 0) is 9.59 Å². The second kappa shape index (κ2) is 7.12. The lowest BCUT2D eigenvalue weighted by molar-refractivity contribution is -0.142. The fourth-order valence-electron chi connectivity index (χ4n) is 1.28. The predicted octanol–water partition coefficient (Wildman–Crippen LogP) is -1.02. The Morgan fingerprint density at radius 1 is 1.16 bits per heavy atom. The summed E-state index contributed by atoms with van der Waals surface area (Å²) in [5.74, 6) is -2.47. The van der Waals surface area contributed by atoms with Crippen molar-refractivity contribution in [2.45, 2.75) is 6.04 Å². The van der Waals surface area contributed by atoms with E-state index in [2.05, 4.69) is 10.6 Å². The second-order valence-electron chi connectivity index (χ2n) is 3.69. The van der Waals surface area contributed by atoms with Crippen molar-refractivity contribution in [1.82, 2.24) is 10.6 Å². The van der Waals surface area contributed by atoms with Crippen LogP contribution in [0, 0.1) is 0 Å². The smallest absolute Gasteiger partial charge is 0.328 e. The number of benzene rings is 1. The number of amides is 2. The van der Waals surface area contributed by atoms with Crippen molar-refractivity contribution in [3.8, 4) is 0 Å². The average Bonchev–Trinajstić information content (AvgIpc) is 2.42. The summed E-state index contributed by atoms with van der Waals surface area (Å²) in [6, 6.07) is 6.91. The summed E-state index contributed by atoms with van der Waals surface area (Å²) in [7, 11) is 0. The zero-order valence-corrected chi connectivity index (χ0v) is 10.00. The van der Waals surface area contributed by atoms with Crippen LogP contribution >= 0.6 is 0 Å². The molecule has 1 unspecified atom stereocenters. The van der Waals surface area contributed by atoms with Crippen molar-refractivity contribution in [3.63, 3.8) is 0 Å². The Hall–Kier alpha value is -2.41. The fraction of sp³-hybridized carbons (Fsp3) is 0.250. The summed E-state index contributed by atoms with van der Waals surface area (Å²) in [4.78, 5) is 33.5. The van der Waals surface area contributed by atoms with Crippen molar-refractivity contribution in [1.29, 1.82) is 0 Å². The molecule has 0 spiro atoms. The first-order chi connectivity index (χ1) is 9.04. The normalized spacial score (nSPS) is 11.4. The van der Waals surface area contributed by atoms with Gasteiger partial charge in [-0.05, 0) is 12.1 Å². The number of carboxylic acid groups (broad SMARTS) is 1. The Bertz CT molecular complexity index is 460. The minimum Gasteiger partial charge on any atom is -0.480 e. The Morgan fingerprint density at radius 2 is 1.79 bits per heavy atom. The topological polar surface area (TPSA) is 116 Å². The molecule has 0 saturated carbocycles. The maximum atomic E-state index is 11.6. The van der Waals surface area contributed by atoms with E-state index in [0.717, 1.165) is 0 Å². The molecule has 0 aliphatic carbocycles. The largest absolute Gasteiger partial charge is 0.480 e. The first-order valence-electron chi connectivity index (χ1n) is 5.51. The monoisotopic (exact) mass is 266 g/mol. The number of carbonyl (C=O) groups excluding carboxylic acids is 2. The number of nitrogens with one attached hydrogen (secondary N) is 2. The number of carbonyl (C=O) groups is 3. The number of aliphatic carboxylic acids is 1. The van der Waals surface area contributed by atoms with Crippen LogP contribution in [0.1, 0.15) is 10.4 Å². The van der Waals surface area contributed by atoms with Crippen molar-refractivity contribution < 1.29 is 24.6 Å². The van der Waals surface area contributed by atoms with Gasteiger partial charge in [0.2, 0.25) is 5.91 Å². The SMILES string of the molecule is O=C(CNC(=O)c1ccccc1)NC(CO)C(=O)O. The zero-order valence-electron chi connectivity index (χ0n) is 10.00. The first kappa shape index (κ1) is 14.7. The zero-order chi connectivity index (χ0) is 14.3. The molecule has 1 atom stereocenters. The van der Waals surface area contributed by atoms with E-state index in [1.807, 2.05) is 0 Å². The van der Waals surface area contributed by atoms with E-state index in [4.69, 9.17) is 10.2 Å². The van der Waals surface area contributed by atoms with Crippen LogP contribution in [0.15, 0.2) is 30.3 Å². The molecule has 0 fully saturated rings. The minimum absolute atomic E-state index is 0.364. The number of rotatable bonds is 6. The van der Waals surface area contributed by atoms with Crippen LogP contribution in [-0.4, -0.2) is 47.2 Å². The van der Waals surface area contributed by atoms with Gasteiger partial charge in [0, 0.05) is 5.56 Å². The summed E-state index contributed by atoms with van der Waals surface area (Å²) in [6.07, 6.45) is 0. The quantitative estimate of drug-likeness (QED) is 0.526. The first-order valence-corrected chi connectivity index (χ1v) is 5.51. The van der Waals surface area contributed by atoms with Crippen LogP contribution in [0.25, 0.3) is 0 Å². The van der Waals surface area contributed by atoms with E-state index in [9.17, 15) is 14.4 Å². The Kier molecular flexibility index (Phi) is 5.49. The molecule has 19 heavy (non-hydrogen) atoms. The summed E-state index contributed by atoms with van der Waals surface area (Å²) in [5.41, 5.74) is 0.396. The van der Waals surface area contributed by atoms with Crippen LogP contribution < -0.4 is 10.6 Å². The molecular formula is C12H14N2O5. The molecule has 0 bridgehead atoms. The Morgan fingerprint density at radius 3 is 2.32 bits per heavy atom. The van der Waals surface area contributed by atoms with Gasteiger partial charge in [-0.15, -0.1) is 0 Å². The third-order valence-corrected chi connectivity index (χ3v) is 2.26. The van der Waals surface area contributed by atoms with Crippen molar-refractivity contribution >= 4 is 17.8 Å². The Labute approximate surface area is 109 Å². The van der Waals surface area contributed by atoms with Crippen molar-refractivity contribution in [2.75, 3.05) is 13.2 Å². The van der Waals surface area contributed by atoms with Gasteiger partial charge in [0.25, 0.3) is 5.91 Å². The molecule has 0 radical (unpaired) electrons. The Balaban J connectivity index is 2.42. The number of aliphatic hydroxyl groups is 1. The van der Waals surface area contributed by atoms with Crippen LogP contribution in [0.3, 0.4) is 0 Å². The highest BCUT2D eigenvalue weighted by atomic mass is 16.4. The van der Waals surface area contributed by atoms with Gasteiger partial charge in [-0.3, -0.25) is 9.59 Å². The molecule has 7 nitrogen and oxygen atoms in total. The third-order valence-electron chi connectivity index (χ3n) is 2.26. The molecule has 1 aromatic carbocycles. The molecule has 0 saturated heterocycles. The molecule has 1 rings (SSSR count). The molecule has 4 N–H and O–H groups in total.